The molecule has 3 nitrogen and oxygen atoms in total. The molecule has 1 aliphatic carbocycles. The van der Waals surface area contributed by atoms with Gasteiger partial charge in [-0.1, -0.05) is 6.92 Å². The molecule has 0 bridgehead atoms. The van der Waals surface area contributed by atoms with Gasteiger partial charge in [0.05, 0.1) is 12.2 Å². The Morgan fingerprint density at radius 1 is 1.26 bits per heavy atom. The molecule has 0 amide bonds. The van der Waals surface area contributed by atoms with Gasteiger partial charge in [-0.3, -0.25) is 4.90 Å². The van der Waals surface area contributed by atoms with Gasteiger partial charge < -0.3 is 5.32 Å². The molecule has 19 heavy (non-hydrogen) atoms. The molecule has 0 unspecified atom stereocenters. The minimum absolute atomic E-state index is 0.786. The van der Waals surface area contributed by atoms with Crippen LogP contribution in [0.15, 0.2) is 0 Å². The van der Waals surface area contributed by atoms with Gasteiger partial charge in [-0.2, -0.15) is 0 Å². The van der Waals surface area contributed by atoms with Crippen LogP contribution in [0.3, 0.4) is 0 Å². The second kappa shape index (κ2) is 5.90. The number of aromatic nitrogens is 1. The molecule has 2 fully saturated rings. The highest BCUT2D eigenvalue weighted by Gasteiger charge is 2.21. The first-order chi connectivity index (χ1) is 9.20. The summed E-state index contributed by atoms with van der Waals surface area (Å²) in [5.41, 5.74) is 1.23. The van der Waals surface area contributed by atoms with Gasteiger partial charge in [0.15, 0.2) is 0 Å². The van der Waals surface area contributed by atoms with Crippen molar-refractivity contribution in [3.8, 4) is 0 Å². The third-order valence-electron chi connectivity index (χ3n) is 4.30. The molecule has 0 atom stereocenters. The Hall–Kier alpha value is -0.450. The van der Waals surface area contributed by atoms with Gasteiger partial charge in [-0.05, 0) is 51.6 Å². The van der Waals surface area contributed by atoms with E-state index in [9.17, 15) is 0 Å². The number of hydrogen-bond donors (Lipinski definition) is 1. The second-order valence-corrected chi connectivity index (χ2v) is 7.40. The molecule has 1 aromatic heterocycles. The summed E-state index contributed by atoms with van der Waals surface area (Å²) in [4.78, 5) is 8.76. The first-order valence-electron chi connectivity index (χ1n) is 7.61. The van der Waals surface area contributed by atoms with E-state index < -0.39 is 0 Å². The maximum atomic E-state index is 4.76. The van der Waals surface area contributed by atoms with Gasteiger partial charge in [0.25, 0.3) is 0 Å². The molecule has 1 aliphatic heterocycles. The van der Waals surface area contributed by atoms with E-state index >= 15 is 0 Å². The topological polar surface area (TPSA) is 28.2 Å². The SMILES string of the molecule is Cc1nc(CN2CCC(C)CC2)sc1CNC1CC1. The van der Waals surface area contributed by atoms with Crippen molar-refractivity contribution in [1.82, 2.24) is 15.2 Å². The van der Waals surface area contributed by atoms with Crippen LogP contribution in [0.25, 0.3) is 0 Å². The largest absolute Gasteiger partial charge is 0.309 e. The van der Waals surface area contributed by atoms with Crippen LogP contribution in [-0.2, 0) is 13.1 Å². The van der Waals surface area contributed by atoms with E-state index in [0.717, 1.165) is 25.0 Å². The summed E-state index contributed by atoms with van der Waals surface area (Å²) in [5.74, 6) is 0.910. The average Bonchev–Trinajstić information content (AvgIpc) is 3.15. The summed E-state index contributed by atoms with van der Waals surface area (Å²) in [6.07, 6.45) is 5.41. The lowest BCUT2D eigenvalue weighted by Gasteiger charge is -2.29. The van der Waals surface area contributed by atoms with E-state index in [0.29, 0.717) is 0 Å². The van der Waals surface area contributed by atoms with Crippen LogP contribution in [0.1, 0.15) is 48.2 Å². The summed E-state index contributed by atoms with van der Waals surface area (Å²) >= 11 is 1.91. The van der Waals surface area contributed by atoms with Crippen molar-refractivity contribution in [3.05, 3.63) is 15.6 Å². The van der Waals surface area contributed by atoms with Crippen LogP contribution in [0.4, 0.5) is 0 Å². The van der Waals surface area contributed by atoms with Gasteiger partial charge in [-0.25, -0.2) is 4.98 Å². The lowest BCUT2D eigenvalue weighted by Crippen LogP contribution is -2.32. The summed E-state index contributed by atoms with van der Waals surface area (Å²) in [5, 5.41) is 4.90. The average molecular weight is 279 g/mol. The minimum atomic E-state index is 0.786. The first kappa shape index (κ1) is 13.5. The monoisotopic (exact) mass is 279 g/mol. The predicted octanol–water partition coefficient (Wildman–Crippen LogP) is 2.94. The normalized spacial score (nSPS) is 22.0. The molecular formula is C15H25N3S. The van der Waals surface area contributed by atoms with Crippen LogP contribution < -0.4 is 5.32 Å². The maximum Gasteiger partial charge on any atom is 0.107 e. The molecule has 1 saturated carbocycles. The molecule has 0 spiro atoms. The second-order valence-electron chi connectivity index (χ2n) is 6.23. The van der Waals surface area contributed by atoms with Crippen molar-refractivity contribution >= 4 is 11.3 Å². The fraction of sp³-hybridized carbons (Fsp3) is 0.800. The molecule has 106 valence electrons. The molecular weight excluding hydrogens is 254 g/mol. The van der Waals surface area contributed by atoms with Crippen molar-refractivity contribution in [2.24, 2.45) is 5.92 Å². The van der Waals surface area contributed by atoms with Gasteiger partial charge in [0.1, 0.15) is 5.01 Å². The first-order valence-corrected chi connectivity index (χ1v) is 8.43. The lowest BCUT2D eigenvalue weighted by molar-refractivity contribution is 0.185. The number of hydrogen-bond acceptors (Lipinski definition) is 4. The van der Waals surface area contributed by atoms with Crippen LogP contribution in [0, 0.1) is 12.8 Å². The molecule has 1 N–H and O–H groups in total. The predicted molar refractivity (Wildman–Crippen MR) is 80.4 cm³/mol. The van der Waals surface area contributed by atoms with Crippen LogP contribution in [-0.4, -0.2) is 29.0 Å². The Morgan fingerprint density at radius 3 is 2.68 bits per heavy atom. The Labute approximate surface area is 120 Å². The molecule has 3 rings (SSSR count). The quantitative estimate of drug-likeness (QED) is 0.898. The van der Waals surface area contributed by atoms with Gasteiger partial charge in [0, 0.05) is 17.5 Å². The van der Waals surface area contributed by atoms with Gasteiger partial charge >= 0.3 is 0 Å². The molecule has 1 saturated heterocycles. The van der Waals surface area contributed by atoms with E-state index in [-0.39, 0.29) is 0 Å². The maximum absolute atomic E-state index is 4.76. The molecule has 0 aromatic carbocycles. The Balaban J connectivity index is 1.53. The van der Waals surface area contributed by atoms with Gasteiger partial charge in [0.2, 0.25) is 0 Å². The number of aryl methyl sites for hydroxylation is 1. The third-order valence-corrected chi connectivity index (χ3v) is 5.44. The van der Waals surface area contributed by atoms with Crippen molar-refractivity contribution < 1.29 is 0 Å². The van der Waals surface area contributed by atoms with E-state index in [1.165, 1.54) is 54.4 Å². The Morgan fingerprint density at radius 2 is 2.00 bits per heavy atom. The zero-order valence-corrected chi connectivity index (χ0v) is 12.9. The summed E-state index contributed by atoms with van der Waals surface area (Å²) in [6, 6.07) is 0.786. The van der Waals surface area contributed by atoms with Crippen LogP contribution in [0.2, 0.25) is 0 Å². The molecule has 4 heteroatoms. The molecule has 0 radical (unpaired) electrons. The van der Waals surface area contributed by atoms with E-state index in [4.69, 9.17) is 4.98 Å². The number of likely N-dealkylation sites (tertiary alicyclic amines) is 1. The highest BCUT2D eigenvalue weighted by Crippen LogP contribution is 2.24. The standard InChI is InChI=1S/C15H25N3S/c1-11-5-7-18(8-6-11)10-15-17-12(2)14(19-15)9-16-13-3-4-13/h11,13,16H,3-10H2,1-2H3. The Bertz CT molecular complexity index is 417. The number of nitrogens with zero attached hydrogens (tertiary/aromatic N) is 2. The van der Waals surface area contributed by atoms with Crippen molar-refractivity contribution in [2.45, 2.75) is 58.7 Å². The van der Waals surface area contributed by atoms with E-state index in [1.807, 2.05) is 11.3 Å². The number of nitrogens with one attached hydrogen (secondary N) is 1. The lowest BCUT2D eigenvalue weighted by atomic mass is 9.99. The van der Waals surface area contributed by atoms with E-state index in [2.05, 4.69) is 24.1 Å². The smallest absolute Gasteiger partial charge is 0.107 e. The van der Waals surface area contributed by atoms with Crippen LogP contribution >= 0.6 is 11.3 Å². The zero-order chi connectivity index (χ0) is 13.2. The Kier molecular flexibility index (Phi) is 4.20. The number of rotatable bonds is 5. The van der Waals surface area contributed by atoms with Crippen LogP contribution in [0.5, 0.6) is 0 Å². The number of thiazole rings is 1. The highest BCUT2D eigenvalue weighted by molar-refractivity contribution is 7.11. The number of piperidine rings is 1. The summed E-state index contributed by atoms with van der Waals surface area (Å²) < 4.78 is 0. The fourth-order valence-corrected chi connectivity index (χ4v) is 3.72. The fourth-order valence-electron chi connectivity index (χ4n) is 2.66. The molecule has 2 heterocycles. The summed E-state index contributed by atoms with van der Waals surface area (Å²) in [6.45, 7) is 9.09. The van der Waals surface area contributed by atoms with E-state index in [1.54, 1.807) is 0 Å². The molecule has 2 aliphatic rings. The third kappa shape index (κ3) is 3.77. The molecule has 1 aromatic rings. The zero-order valence-electron chi connectivity index (χ0n) is 12.1. The van der Waals surface area contributed by atoms with Crippen molar-refractivity contribution in [3.63, 3.8) is 0 Å². The van der Waals surface area contributed by atoms with Gasteiger partial charge in [-0.15, -0.1) is 11.3 Å². The van der Waals surface area contributed by atoms with Crippen molar-refractivity contribution in [2.75, 3.05) is 13.1 Å². The van der Waals surface area contributed by atoms with Crippen molar-refractivity contribution in [1.29, 1.82) is 0 Å². The minimum Gasteiger partial charge on any atom is -0.309 e. The highest BCUT2D eigenvalue weighted by atomic mass is 32.1. The summed E-state index contributed by atoms with van der Waals surface area (Å²) in [7, 11) is 0.